The molecule has 1 aromatic rings. The molecule has 0 bridgehead atoms. The van der Waals surface area contributed by atoms with Crippen molar-refractivity contribution in [1.82, 2.24) is 26.3 Å². The van der Waals surface area contributed by atoms with E-state index in [1.54, 1.807) is 0 Å². The van der Waals surface area contributed by atoms with Gasteiger partial charge in [0.25, 0.3) is 0 Å². The van der Waals surface area contributed by atoms with Gasteiger partial charge in [-0.05, 0) is 44.2 Å². The van der Waals surface area contributed by atoms with Crippen LogP contribution in [0.25, 0.3) is 5.70 Å². The Labute approximate surface area is 146 Å². The average molecular weight is 344 g/mol. The van der Waals surface area contributed by atoms with Crippen molar-refractivity contribution in [2.75, 3.05) is 18.1 Å². The number of hydrogen-bond acceptors (Lipinski definition) is 6. The maximum absolute atomic E-state index is 4.44. The van der Waals surface area contributed by atoms with E-state index in [1.165, 1.54) is 60.7 Å². The molecule has 1 saturated heterocycles. The van der Waals surface area contributed by atoms with Crippen molar-refractivity contribution in [2.24, 2.45) is 16.8 Å². The molecular formula is C17H24N6S. The molecule has 0 atom stereocenters. The van der Waals surface area contributed by atoms with Gasteiger partial charge in [0.15, 0.2) is 0 Å². The van der Waals surface area contributed by atoms with Crippen molar-refractivity contribution in [3.8, 4) is 0 Å². The Balaban J connectivity index is 1.26. The molecule has 3 aliphatic heterocycles. The van der Waals surface area contributed by atoms with E-state index in [0.29, 0.717) is 5.92 Å². The van der Waals surface area contributed by atoms with Gasteiger partial charge in [-0.25, -0.2) is 10.0 Å². The summed E-state index contributed by atoms with van der Waals surface area (Å²) in [5, 5.41) is 5.74. The van der Waals surface area contributed by atoms with Crippen LogP contribution in [0.5, 0.6) is 0 Å². The van der Waals surface area contributed by atoms with Crippen molar-refractivity contribution in [3.63, 3.8) is 0 Å². The number of rotatable bonds is 4. The first-order chi connectivity index (χ1) is 11.9. The van der Waals surface area contributed by atoms with Crippen molar-refractivity contribution >= 4 is 29.6 Å². The monoisotopic (exact) mass is 344 g/mol. The van der Waals surface area contributed by atoms with Gasteiger partial charge in [0.2, 0.25) is 0 Å². The molecule has 6 nitrogen and oxygen atoms in total. The molecule has 4 aliphatic rings. The molecule has 7 heteroatoms. The van der Waals surface area contributed by atoms with E-state index in [-0.39, 0.29) is 0 Å². The van der Waals surface area contributed by atoms with Crippen molar-refractivity contribution in [2.45, 2.75) is 31.7 Å². The van der Waals surface area contributed by atoms with Gasteiger partial charge < -0.3 is 15.7 Å². The third-order valence-electron chi connectivity index (χ3n) is 5.68. The Hall–Kier alpha value is -1.44. The lowest BCUT2D eigenvalue weighted by Gasteiger charge is -2.32. The predicted octanol–water partition coefficient (Wildman–Crippen LogP) is 2.19. The summed E-state index contributed by atoms with van der Waals surface area (Å²) < 4.78 is 0. The molecule has 0 amide bonds. The largest absolute Gasteiger partial charge is 0.346 e. The second kappa shape index (κ2) is 6.13. The summed E-state index contributed by atoms with van der Waals surface area (Å²) in [4.78, 5) is 7.66. The molecule has 4 heterocycles. The third-order valence-corrected chi connectivity index (χ3v) is 6.95. The molecule has 0 radical (unpaired) electrons. The lowest BCUT2D eigenvalue weighted by Crippen LogP contribution is -2.43. The average Bonchev–Trinajstić information content (AvgIpc) is 3.20. The van der Waals surface area contributed by atoms with Crippen molar-refractivity contribution in [3.05, 3.63) is 23.5 Å². The number of H-pyrrole nitrogens is 1. The smallest absolute Gasteiger partial charge is 0.141 e. The number of allylic oxidation sites excluding steroid dienone is 1. The van der Waals surface area contributed by atoms with Gasteiger partial charge in [-0.15, -0.1) is 5.53 Å². The summed E-state index contributed by atoms with van der Waals surface area (Å²) in [6.07, 6.45) is 9.00. The third kappa shape index (κ3) is 2.55. The molecule has 1 aliphatic carbocycles. The van der Waals surface area contributed by atoms with E-state index in [4.69, 9.17) is 0 Å². The minimum absolute atomic E-state index is 0.613. The van der Waals surface area contributed by atoms with Crippen LogP contribution in [0, 0.1) is 11.8 Å². The van der Waals surface area contributed by atoms with E-state index in [0.717, 1.165) is 17.8 Å². The zero-order valence-corrected chi connectivity index (χ0v) is 14.5. The second-order valence-corrected chi connectivity index (χ2v) is 8.29. The molecule has 2 fully saturated rings. The van der Waals surface area contributed by atoms with Crippen LogP contribution in [0.4, 0.5) is 5.82 Å². The van der Waals surface area contributed by atoms with Gasteiger partial charge in [0.05, 0.1) is 11.4 Å². The van der Waals surface area contributed by atoms with Crippen molar-refractivity contribution in [1.29, 1.82) is 0 Å². The maximum Gasteiger partial charge on any atom is 0.141 e. The van der Waals surface area contributed by atoms with Gasteiger partial charge in [0.1, 0.15) is 12.2 Å². The first-order valence-corrected chi connectivity index (χ1v) is 10.1. The number of aromatic amines is 1. The molecule has 0 aromatic carbocycles. The van der Waals surface area contributed by atoms with Crippen LogP contribution < -0.4 is 16.3 Å². The molecule has 4 N–H and O–H groups in total. The minimum Gasteiger partial charge on any atom is -0.346 e. The Kier molecular flexibility index (Phi) is 3.80. The molecule has 24 heavy (non-hydrogen) atoms. The van der Waals surface area contributed by atoms with Crippen LogP contribution in [-0.2, 0) is 0 Å². The minimum atomic E-state index is 0.613. The predicted molar refractivity (Wildman–Crippen MR) is 98.5 cm³/mol. The molecule has 0 unspecified atom stereocenters. The van der Waals surface area contributed by atoms with E-state index in [9.17, 15) is 0 Å². The number of hydrazine groups is 2. The summed E-state index contributed by atoms with van der Waals surface area (Å²) in [6, 6.07) is 2.90. The zero-order chi connectivity index (χ0) is 15.9. The van der Waals surface area contributed by atoms with Gasteiger partial charge in [-0.1, -0.05) is 0 Å². The van der Waals surface area contributed by atoms with Crippen molar-refractivity contribution < 1.29 is 0 Å². The quantitative estimate of drug-likeness (QED) is 0.674. The normalized spacial score (nSPS) is 29.2. The van der Waals surface area contributed by atoms with Gasteiger partial charge in [0, 0.05) is 35.2 Å². The lowest BCUT2D eigenvalue weighted by molar-refractivity contribution is 0.278. The van der Waals surface area contributed by atoms with Crippen LogP contribution in [0.15, 0.2) is 23.0 Å². The van der Waals surface area contributed by atoms with Gasteiger partial charge in [-0.2, -0.15) is 11.8 Å². The number of fused-ring (bicyclic) bond motifs is 3. The molecule has 0 spiro atoms. The zero-order valence-electron chi connectivity index (χ0n) is 13.7. The number of hydrogen-bond donors (Lipinski definition) is 4. The topological polar surface area (TPSA) is 67.5 Å². The standard InChI is InChI=1S/C17H24N6S/c1-3-12(4-2-11(1)7-19-13-8-24-9-13)15-16-14-5-6-18-17(14)20-10-23(16)22-21-15/h5-6,10-13,18-19,21-22H,1-4,7-9H2/t11-,12-. The summed E-state index contributed by atoms with van der Waals surface area (Å²) in [6.45, 7) is 1.20. The van der Waals surface area contributed by atoms with Crippen LogP contribution in [-0.4, -0.2) is 40.4 Å². The number of aromatic nitrogens is 1. The van der Waals surface area contributed by atoms with Crippen LogP contribution in [0.2, 0.25) is 0 Å². The molecule has 1 saturated carbocycles. The molecule has 5 rings (SSSR count). The number of aliphatic imine (C=N–C) groups is 1. The van der Waals surface area contributed by atoms with E-state index >= 15 is 0 Å². The highest BCUT2D eigenvalue weighted by atomic mass is 32.2. The maximum atomic E-state index is 4.44. The Morgan fingerprint density at radius 2 is 2.12 bits per heavy atom. The van der Waals surface area contributed by atoms with Crippen LogP contribution in [0.3, 0.4) is 0 Å². The first-order valence-electron chi connectivity index (χ1n) is 8.96. The number of nitrogens with zero attached hydrogens (tertiary/aromatic N) is 2. The van der Waals surface area contributed by atoms with E-state index < -0.39 is 0 Å². The summed E-state index contributed by atoms with van der Waals surface area (Å²) >= 11 is 2.05. The summed E-state index contributed by atoms with van der Waals surface area (Å²) in [5.74, 6) is 5.02. The fourth-order valence-corrected chi connectivity index (χ4v) is 4.85. The van der Waals surface area contributed by atoms with E-state index in [1.807, 2.05) is 17.5 Å². The fourth-order valence-electron chi connectivity index (χ4n) is 4.14. The van der Waals surface area contributed by atoms with E-state index in [2.05, 4.69) is 44.1 Å². The lowest BCUT2D eigenvalue weighted by atomic mass is 9.79. The first kappa shape index (κ1) is 14.9. The van der Waals surface area contributed by atoms with Gasteiger partial charge in [-0.3, -0.25) is 0 Å². The fraction of sp³-hybridized carbons (Fsp3) is 0.588. The highest BCUT2D eigenvalue weighted by Gasteiger charge is 2.34. The number of thioether (sulfide) groups is 1. The molecule has 1 aromatic heterocycles. The Morgan fingerprint density at radius 1 is 1.25 bits per heavy atom. The second-order valence-electron chi connectivity index (χ2n) is 7.21. The van der Waals surface area contributed by atoms with Crippen LogP contribution >= 0.6 is 11.8 Å². The SMILES string of the molecule is C1=Nc2[nH]ccc2C2=C([C@H]3CC[C@H](CNC4CSC4)CC3)NNN12. The van der Waals surface area contributed by atoms with Crippen LogP contribution in [0.1, 0.15) is 31.2 Å². The Bertz CT molecular complexity index is 668. The highest BCUT2D eigenvalue weighted by molar-refractivity contribution is 8.00. The molecular weight excluding hydrogens is 320 g/mol. The number of nitrogens with one attached hydrogen (secondary N) is 4. The highest BCUT2D eigenvalue weighted by Crippen LogP contribution is 2.40. The Morgan fingerprint density at radius 3 is 2.92 bits per heavy atom. The molecule has 128 valence electrons. The summed E-state index contributed by atoms with van der Waals surface area (Å²) in [5.41, 5.74) is 10.4. The van der Waals surface area contributed by atoms with Gasteiger partial charge >= 0.3 is 0 Å². The summed E-state index contributed by atoms with van der Waals surface area (Å²) in [7, 11) is 0.